The summed E-state index contributed by atoms with van der Waals surface area (Å²) >= 11 is 13.5. The van der Waals surface area contributed by atoms with Crippen LogP contribution >= 0.6 is 35.0 Å². The number of aliphatic carboxylic acids is 1. The van der Waals surface area contributed by atoms with Gasteiger partial charge in [0.25, 0.3) is 0 Å². The number of carboxylic acids is 1. The second kappa shape index (κ2) is 6.15. The number of benzene rings is 1. The Labute approximate surface area is 120 Å². The van der Waals surface area contributed by atoms with Crippen LogP contribution in [-0.4, -0.2) is 40.1 Å². The van der Waals surface area contributed by atoms with E-state index in [1.54, 1.807) is 23.9 Å². The van der Waals surface area contributed by atoms with Gasteiger partial charge in [-0.3, -0.25) is 9.69 Å². The largest absolute Gasteiger partial charge is 0.480 e. The average Bonchev–Trinajstić information content (AvgIpc) is 2.34. The van der Waals surface area contributed by atoms with Crippen molar-refractivity contribution < 1.29 is 9.90 Å². The number of carbonyl (C=O) groups is 1. The second-order valence-corrected chi connectivity index (χ2v) is 6.11. The van der Waals surface area contributed by atoms with Crippen molar-refractivity contribution in [3.8, 4) is 0 Å². The van der Waals surface area contributed by atoms with Crippen molar-refractivity contribution in [1.29, 1.82) is 0 Å². The third-order valence-corrected chi connectivity index (χ3v) is 4.66. The van der Waals surface area contributed by atoms with Gasteiger partial charge in [0.05, 0.1) is 10.0 Å². The summed E-state index contributed by atoms with van der Waals surface area (Å²) in [5, 5.41) is 10.2. The SMILES string of the molecule is O=C(O)C1CSCCN1Cc1ccc(Cl)c(Cl)c1. The van der Waals surface area contributed by atoms with Gasteiger partial charge in [-0.05, 0) is 17.7 Å². The maximum absolute atomic E-state index is 11.2. The van der Waals surface area contributed by atoms with Crippen LogP contribution in [0, 0.1) is 0 Å². The maximum Gasteiger partial charge on any atom is 0.321 e. The highest BCUT2D eigenvalue weighted by Crippen LogP contribution is 2.25. The van der Waals surface area contributed by atoms with Crippen molar-refractivity contribution in [2.24, 2.45) is 0 Å². The minimum absolute atomic E-state index is 0.418. The minimum atomic E-state index is -0.762. The first-order valence-electron chi connectivity index (χ1n) is 5.56. The molecule has 0 amide bonds. The lowest BCUT2D eigenvalue weighted by Gasteiger charge is -2.32. The van der Waals surface area contributed by atoms with Crippen molar-refractivity contribution >= 4 is 40.9 Å². The summed E-state index contributed by atoms with van der Waals surface area (Å²) in [6.45, 7) is 1.37. The Balaban J connectivity index is 2.10. The molecule has 98 valence electrons. The van der Waals surface area contributed by atoms with E-state index < -0.39 is 12.0 Å². The maximum atomic E-state index is 11.2. The lowest BCUT2D eigenvalue weighted by molar-refractivity contribution is -0.142. The van der Waals surface area contributed by atoms with Gasteiger partial charge in [0.1, 0.15) is 6.04 Å². The fourth-order valence-corrected chi connectivity index (χ4v) is 3.35. The first-order chi connectivity index (χ1) is 8.58. The number of hydrogen-bond donors (Lipinski definition) is 1. The van der Waals surface area contributed by atoms with Gasteiger partial charge in [-0.15, -0.1) is 0 Å². The third kappa shape index (κ3) is 3.32. The van der Waals surface area contributed by atoms with Crippen LogP contribution in [0.15, 0.2) is 18.2 Å². The summed E-state index contributed by atoms with van der Waals surface area (Å²) in [4.78, 5) is 13.1. The molecule has 1 N–H and O–H groups in total. The second-order valence-electron chi connectivity index (χ2n) is 4.15. The molecule has 1 fully saturated rings. The molecular formula is C12H13Cl2NO2S. The van der Waals surface area contributed by atoms with Crippen molar-refractivity contribution in [1.82, 2.24) is 4.90 Å². The number of nitrogens with zero attached hydrogens (tertiary/aromatic N) is 1. The summed E-state index contributed by atoms with van der Waals surface area (Å²) in [7, 11) is 0. The predicted molar refractivity (Wildman–Crippen MR) is 75.6 cm³/mol. The van der Waals surface area contributed by atoms with Gasteiger partial charge < -0.3 is 5.11 Å². The van der Waals surface area contributed by atoms with E-state index in [1.165, 1.54) is 0 Å². The highest BCUT2D eigenvalue weighted by atomic mass is 35.5. The highest BCUT2D eigenvalue weighted by Gasteiger charge is 2.28. The Kier molecular flexibility index (Phi) is 4.78. The van der Waals surface area contributed by atoms with Gasteiger partial charge >= 0.3 is 5.97 Å². The zero-order chi connectivity index (χ0) is 13.1. The molecule has 6 heteroatoms. The molecule has 2 rings (SSSR count). The molecule has 1 aliphatic heterocycles. The van der Waals surface area contributed by atoms with Crippen LogP contribution < -0.4 is 0 Å². The molecular weight excluding hydrogens is 293 g/mol. The monoisotopic (exact) mass is 305 g/mol. The van der Waals surface area contributed by atoms with Crippen LogP contribution in [-0.2, 0) is 11.3 Å². The molecule has 0 aliphatic carbocycles. The standard InChI is InChI=1S/C12H13Cl2NO2S/c13-9-2-1-8(5-10(9)14)6-15-3-4-18-7-11(15)12(16)17/h1-2,5,11H,3-4,6-7H2,(H,16,17). The Morgan fingerprint density at radius 2 is 2.22 bits per heavy atom. The minimum Gasteiger partial charge on any atom is -0.480 e. The number of carboxylic acid groups (broad SMARTS) is 1. The molecule has 1 unspecified atom stereocenters. The van der Waals surface area contributed by atoms with Gasteiger partial charge in [0.2, 0.25) is 0 Å². The molecule has 1 aromatic carbocycles. The lowest BCUT2D eigenvalue weighted by Crippen LogP contribution is -2.46. The molecule has 1 heterocycles. The van der Waals surface area contributed by atoms with Gasteiger partial charge in [-0.2, -0.15) is 11.8 Å². The Bertz CT molecular complexity index is 456. The van der Waals surface area contributed by atoms with E-state index in [2.05, 4.69) is 0 Å². The smallest absolute Gasteiger partial charge is 0.321 e. The zero-order valence-electron chi connectivity index (χ0n) is 9.60. The molecule has 0 aromatic heterocycles. The van der Waals surface area contributed by atoms with Gasteiger partial charge in [-0.1, -0.05) is 29.3 Å². The topological polar surface area (TPSA) is 40.5 Å². The van der Waals surface area contributed by atoms with Crippen LogP contribution in [0.1, 0.15) is 5.56 Å². The van der Waals surface area contributed by atoms with Crippen molar-refractivity contribution in [2.75, 3.05) is 18.1 Å². The van der Waals surface area contributed by atoms with E-state index in [-0.39, 0.29) is 0 Å². The number of thioether (sulfide) groups is 1. The molecule has 0 radical (unpaired) electrons. The van der Waals surface area contributed by atoms with Crippen LogP contribution in [0.2, 0.25) is 10.0 Å². The first kappa shape index (κ1) is 14.0. The molecule has 18 heavy (non-hydrogen) atoms. The van der Waals surface area contributed by atoms with Crippen molar-refractivity contribution in [3.63, 3.8) is 0 Å². The van der Waals surface area contributed by atoms with E-state index in [9.17, 15) is 9.90 Å². The molecule has 1 saturated heterocycles. The molecule has 0 bridgehead atoms. The Morgan fingerprint density at radius 1 is 1.44 bits per heavy atom. The van der Waals surface area contributed by atoms with Crippen molar-refractivity contribution in [3.05, 3.63) is 33.8 Å². The van der Waals surface area contributed by atoms with Gasteiger partial charge in [-0.25, -0.2) is 0 Å². The van der Waals surface area contributed by atoms with Gasteiger partial charge in [0.15, 0.2) is 0 Å². The fraction of sp³-hybridized carbons (Fsp3) is 0.417. The molecule has 1 aromatic rings. The van der Waals surface area contributed by atoms with Gasteiger partial charge in [0, 0.05) is 24.6 Å². The predicted octanol–water partition coefficient (Wildman–Crippen LogP) is 3.00. The van der Waals surface area contributed by atoms with Crippen molar-refractivity contribution in [2.45, 2.75) is 12.6 Å². The van der Waals surface area contributed by atoms with Crippen LogP contribution in [0.5, 0.6) is 0 Å². The van der Waals surface area contributed by atoms with Crippen LogP contribution in [0.4, 0.5) is 0 Å². The summed E-state index contributed by atoms with van der Waals surface area (Å²) in [5.74, 6) is 0.837. The normalized spacial score (nSPS) is 20.9. The highest BCUT2D eigenvalue weighted by molar-refractivity contribution is 7.99. The number of hydrogen-bond acceptors (Lipinski definition) is 3. The van der Waals surface area contributed by atoms with E-state index in [0.29, 0.717) is 22.3 Å². The number of halogens is 2. The van der Waals surface area contributed by atoms with Crippen LogP contribution in [0.25, 0.3) is 0 Å². The summed E-state index contributed by atoms with van der Waals surface area (Å²) in [6.07, 6.45) is 0. The third-order valence-electron chi connectivity index (χ3n) is 2.89. The van der Waals surface area contributed by atoms with E-state index >= 15 is 0 Å². The molecule has 1 aliphatic rings. The zero-order valence-corrected chi connectivity index (χ0v) is 11.9. The summed E-state index contributed by atoms with van der Waals surface area (Å²) in [6, 6.07) is 5.01. The quantitative estimate of drug-likeness (QED) is 0.932. The fourth-order valence-electron chi connectivity index (χ4n) is 1.93. The van der Waals surface area contributed by atoms with E-state index in [0.717, 1.165) is 17.9 Å². The molecule has 1 atom stereocenters. The Morgan fingerprint density at radius 3 is 2.89 bits per heavy atom. The first-order valence-corrected chi connectivity index (χ1v) is 7.47. The van der Waals surface area contributed by atoms with E-state index in [4.69, 9.17) is 23.2 Å². The Hall–Kier alpha value is -0.420. The summed E-state index contributed by atoms with van der Waals surface area (Å²) < 4.78 is 0. The molecule has 0 saturated carbocycles. The molecule has 3 nitrogen and oxygen atoms in total. The lowest BCUT2D eigenvalue weighted by atomic mass is 10.2. The average molecular weight is 306 g/mol. The van der Waals surface area contributed by atoms with E-state index in [1.807, 2.05) is 11.0 Å². The molecule has 0 spiro atoms. The van der Waals surface area contributed by atoms with Crippen LogP contribution in [0.3, 0.4) is 0 Å². The number of rotatable bonds is 3. The summed E-state index contributed by atoms with van der Waals surface area (Å²) in [5.41, 5.74) is 0.988.